The average molecular weight is 281 g/mol. The quantitative estimate of drug-likeness (QED) is 0.807. The monoisotopic (exact) mass is 281 g/mol. The molecule has 0 saturated carbocycles. The Labute approximate surface area is 123 Å². The van der Waals surface area contributed by atoms with Crippen molar-refractivity contribution in [2.24, 2.45) is 5.41 Å². The molecule has 2 N–H and O–H groups in total. The number of likely N-dealkylation sites (tertiary alicyclic amines) is 1. The van der Waals surface area contributed by atoms with Crippen LogP contribution in [0.4, 0.5) is 0 Å². The van der Waals surface area contributed by atoms with Crippen LogP contribution in [-0.4, -0.2) is 49.1 Å². The summed E-state index contributed by atoms with van der Waals surface area (Å²) in [7, 11) is 0. The van der Waals surface area contributed by atoms with Crippen LogP contribution in [0.2, 0.25) is 0 Å². The lowest BCUT2D eigenvalue weighted by Gasteiger charge is -2.36. The first kappa shape index (κ1) is 15.8. The zero-order valence-corrected chi connectivity index (χ0v) is 13.4. The molecule has 0 aromatic carbocycles. The molecule has 1 amide bonds. The van der Waals surface area contributed by atoms with E-state index in [0.29, 0.717) is 18.0 Å². The molecule has 1 unspecified atom stereocenters. The minimum Gasteiger partial charge on any atom is -0.353 e. The summed E-state index contributed by atoms with van der Waals surface area (Å²) >= 11 is 0. The van der Waals surface area contributed by atoms with Crippen molar-refractivity contribution in [2.75, 3.05) is 26.2 Å². The fourth-order valence-corrected chi connectivity index (χ4v) is 3.64. The van der Waals surface area contributed by atoms with E-state index < -0.39 is 0 Å². The number of nitrogens with zero attached hydrogens (tertiary/aromatic N) is 1. The predicted octanol–water partition coefficient (Wildman–Crippen LogP) is 1.76. The summed E-state index contributed by atoms with van der Waals surface area (Å²) < 4.78 is 0. The molecule has 2 aliphatic rings. The zero-order valence-electron chi connectivity index (χ0n) is 13.4. The van der Waals surface area contributed by atoms with Crippen LogP contribution >= 0.6 is 0 Å². The van der Waals surface area contributed by atoms with Gasteiger partial charge in [0.15, 0.2) is 0 Å². The van der Waals surface area contributed by atoms with Crippen molar-refractivity contribution in [1.29, 1.82) is 0 Å². The zero-order chi connectivity index (χ0) is 14.6. The van der Waals surface area contributed by atoms with Crippen LogP contribution in [0.3, 0.4) is 0 Å². The molecule has 4 heteroatoms. The maximum absolute atomic E-state index is 12.7. The molecular weight excluding hydrogens is 250 g/mol. The second kappa shape index (κ2) is 6.90. The minimum absolute atomic E-state index is 0.135. The molecule has 2 aliphatic heterocycles. The van der Waals surface area contributed by atoms with Crippen molar-refractivity contribution in [1.82, 2.24) is 15.5 Å². The summed E-state index contributed by atoms with van der Waals surface area (Å²) in [5.41, 5.74) is -0.135. The van der Waals surface area contributed by atoms with Gasteiger partial charge in [-0.05, 0) is 46.1 Å². The lowest BCUT2D eigenvalue weighted by atomic mass is 9.81. The van der Waals surface area contributed by atoms with E-state index in [1.165, 1.54) is 0 Å². The van der Waals surface area contributed by atoms with E-state index in [2.05, 4.69) is 36.3 Å². The summed E-state index contributed by atoms with van der Waals surface area (Å²) in [6, 6.07) is 1.00. The smallest absolute Gasteiger partial charge is 0.227 e. The van der Waals surface area contributed by atoms with Crippen LogP contribution < -0.4 is 10.6 Å². The maximum atomic E-state index is 12.7. The van der Waals surface area contributed by atoms with Crippen LogP contribution in [0.25, 0.3) is 0 Å². The van der Waals surface area contributed by atoms with E-state index in [1.807, 2.05) is 0 Å². The van der Waals surface area contributed by atoms with Crippen LogP contribution in [0.15, 0.2) is 0 Å². The highest BCUT2D eigenvalue weighted by Crippen LogP contribution is 2.31. The summed E-state index contributed by atoms with van der Waals surface area (Å²) in [5.74, 6) is 0.298. The van der Waals surface area contributed by atoms with Crippen molar-refractivity contribution in [2.45, 2.75) is 65.0 Å². The van der Waals surface area contributed by atoms with Gasteiger partial charge in [0, 0.05) is 31.7 Å². The Morgan fingerprint density at radius 3 is 2.60 bits per heavy atom. The first-order valence-electron chi connectivity index (χ1n) is 8.33. The van der Waals surface area contributed by atoms with Gasteiger partial charge < -0.3 is 15.5 Å². The van der Waals surface area contributed by atoms with E-state index in [0.717, 1.165) is 58.3 Å². The minimum atomic E-state index is -0.135. The number of carbonyl (C=O) groups excluding carboxylic acids is 1. The highest BCUT2D eigenvalue weighted by atomic mass is 16.2. The highest BCUT2D eigenvalue weighted by molar-refractivity contribution is 5.83. The van der Waals surface area contributed by atoms with Gasteiger partial charge in [0.05, 0.1) is 5.41 Å². The Morgan fingerprint density at radius 2 is 2.10 bits per heavy atom. The van der Waals surface area contributed by atoms with Crippen LogP contribution in [0.1, 0.15) is 52.9 Å². The molecule has 4 nitrogen and oxygen atoms in total. The molecule has 0 bridgehead atoms. The van der Waals surface area contributed by atoms with Crippen molar-refractivity contribution >= 4 is 5.91 Å². The van der Waals surface area contributed by atoms with Crippen molar-refractivity contribution in [3.63, 3.8) is 0 Å². The Hall–Kier alpha value is -0.610. The fraction of sp³-hybridized carbons (Fsp3) is 0.938. The Balaban J connectivity index is 1.85. The van der Waals surface area contributed by atoms with Gasteiger partial charge in [0.25, 0.3) is 0 Å². The van der Waals surface area contributed by atoms with Gasteiger partial charge in [-0.1, -0.05) is 13.3 Å². The molecule has 2 rings (SSSR count). The molecule has 0 spiro atoms. The van der Waals surface area contributed by atoms with Gasteiger partial charge in [-0.2, -0.15) is 0 Å². The number of amides is 1. The highest BCUT2D eigenvalue weighted by Gasteiger charge is 2.41. The van der Waals surface area contributed by atoms with E-state index in [-0.39, 0.29) is 5.41 Å². The number of hydrogen-bond donors (Lipinski definition) is 2. The van der Waals surface area contributed by atoms with Gasteiger partial charge >= 0.3 is 0 Å². The van der Waals surface area contributed by atoms with Crippen LogP contribution in [-0.2, 0) is 4.79 Å². The Morgan fingerprint density at radius 1 is 1.40 bits per heavy atom. The summed E-state index contributed by atoms with van der Waals surface area (Å²) in [6.45, 7) is 10.7. The topological polar surface area (TPSA) is 44.4 Å². The first-order chi connectivity index (χ1) is 9.57. The SMILES string of the molecule is CCCC1(C(=O)NC2CCN(C(C)C)CC2)CCNC1. The van der Waals surface area contributed by atoms with Gasteiger partial charge in [-0.15, -0.1) is 0 Å². The van der Waals surface area contributed by atoms with E-state index in [1.54, 1.807) is 0 Å². The largest absolute Gasteiger partial charge is 0.353 e. The predicted molar refractivity (Wildman–Crippen MR) is 82.7 cm³/mol. The van der Waals surface area contributed by atoms with Gasteiger partial charge in [-0.25, -0.2) is 0 Å². The van der Waals surface area contributed by atoms with E-state index in [4.69, 9.17) is 0 Å². The third-order valence-electron chi connectivity index (χ3n) is 5.05. The van der Waals surface area contributed by atoms with Crippen molar-refractivity contribution < 1.29 is 4.79 Å². The number of rotatable bonds is 5. The number of hydrogen-bond acceptors (Lipinski definition) is 3. The van der Waals surface area contributed by atoms with Gasteiger partial charge in [-0.3, -0.25) is 4.79 Å². The Bertz CT molecular complexity index is 316. The number of carbonyl (C=O) groups is 1. The van der Waals surface area contributed by atoms with Gasteiger partial charge in [0.2, 0.25) is 5.91 Å². The lowest BCUT2D eigenvalue weighted by Crippen LogP contribution is -2.51. The Kier molecular flexibility index (Phi) is 5.44. The summed E-state index contributed by atoms with van der Waals surface area (Å²) in [5, 5.41) is 6.71. The lowest BCUT2D eigenvalue weighted by molar-refractivity contribution is -0.131. The average Bonchev–Trinajstić information content (AvgIpc) is 2.89. The molecule has 0 aromatic heterocycles. The maximum Gasteiger partial charge on any atom is 0.227 e. The molecule has 0 aromatic rings. The van der Waals surface area contributed by atoms with Crippen LogP contribution in [0, 0.1) is 5.41 Å². The summed E-state index contributed by atoms with van der Waals surface area (Å²) in [6.07, 6.45) is 5.29. The standard InChI is InChI=1S/C16H31N3O/c1-4-7-16(8-9-17-12-16)15(20)18-14-5-10-19(11-6-14)13(2)3/h13-14,17H,4-12H2,1-3H3,(H,18,20). The second-order valence-electron chi connectivity index (χ2n) is 6.83. The molecule has 116 valence electrons. The van der Waals surface area contributed by atoms with Crippen molar-refractivity contribution in [3.05, 3.63) is 0 Å². The van der Waals surface area contributed by atoms with Crippen molar-refractivity contribution in [3.8, 4) is 0 Å². The molecular formula is C16H31N3O. The van der Waals surface area contributed by atoms with E-state index in [9.17, 15) is 4.79 Å². The second-order valence-corrected chi connectivity index (χ2v) is 6.83. The molecule has 2 heterocycles. The summed E-state index contributed by atoms with van der Waals surface area (Å²) in [4.78, 5) is 15.2. The fourth-order valence-electron chi connectivity index (χ4n) is 3.64. The normalized spacial score (nSPS) is 29.0. The molecule has 2 saturated heterocycles. The number of piperidine rings is 1. The molecule has 20 heavy (non-hydrogen) atoms. The third-order valence-corrected chi connectivity index (χ3v) is 5.05. The van der Waals surface area contributed by atoms with Gasteiger partial charge in [0.1, 0.15) is 0 Å². The first-order valence-corrected chi connectivity index (χ1v) is 8.33. The number of nitrogens with one attached hydrogen (secondary N) is 2. The molecule has 1 atom stereocenters. The third kappa shape index (κ3) is 3.53. The molecule has 0 radical (unpaired) electrons. The van der Waals surface area contributed by atoms with E-state index >= 15 is 0 Å². The molecule has 0 aliphatic carbocycles. The van der Waals surface area contributed by atoms with Crippen LogP contribution in [0.5, 0.6) is 0 Å². The molecule has 2 fully saturated rings.